The van der Waals surface area contributed by atoms with Gasteiger partial charge in [0.15, 0.2) is 5.96 Å². The monoisotopic (exact) mass is 368 g/mol. The molecular formula is C22H32N4O. The molecule has 2 rings (SSSR count). The Balaban J connectivity index is 1.98. The van der Waals surface area contributed by atoms with Gasteiger partial charge in [-0.25, -0.2) is 4.99 Å². The van der Waals surface area contributed by atoms with Gasteiger partial charge in [0.2, 0.25) is 0 Å². The van der Waals surface area contributed by atoms with Gasteiger partial charge in [-0.15, -0.1) is 0 Å². The van der Waals surface area contributed by atoms with E-state index in [2.05, 4.69) is 53.5 Å². The molecule has 0 amide bonds. The van der Waals surface area contributed by atoms with Crippen LogP contribution >= 0.6 is 0 Å². The Morgan fingerprint density at radius 1 is 1.15 bits per heavy atom. The zero-order valence-corrected chi connectivity index (χ0v) is 17.1. The van der Waals surface area contributed by atoms with Crippen LogP contribution < -0.4 is 10.6 Å². The molecule has 5 nitrogen and oxygen atoms in total. The second kappa shape index (κ2) is 9.51. The summed E-state index contributed by atoms with van der Waals surface area (Å²) >= 11 is 0. The van der Waals surface area contributed by atoms with Gasteiger partial charge in [-0.2, -0.15) is 0 Å². The Kier molecular flexibility index (Phi) is 7.36. The lowest BCUT2D eigenvalue weighted by Crippen LogP contribution is -2.39. The van der Waals surface area contributed by atoms with E-state index < -0.39 is 6.10 Å². The molecule has 0 fully saturated rings. The quantitative estimate of drug-likeness (QED) is 0.539. The summed E-state index contributed by atoms with van der Waals surface area (Å²) in [5.41, 5.74) is 4.33. The van der Waals surface area contributed by atoms with Crippen molar-refractivity contribution in [3.05, 3.63) is 65.0 Å². The highest BCUT2D eigenvalue weighted by atomic mass is 16.3. The Morgan fingerprint density at radius 3 is 2.44 bits per heavy atom. The van der Waals surface area contributed by atoms with Gasteiger partial charge in [-0.05, 0) is 42.0 Å². The highest BCUT2D eigenvalue weighted by molar-refractivity contribution is 5.79. The van der Waals surface area contributed by atoms with Crippen molar-refractivity contribution in [2.24, 2.45) is 4.99 Å². The molecule has 1 unspecified atom stereocenters. The van der Waals surface area contributed by atoms with Crippen molar-refractivity contribution < 1.29 is 5.11 Å². The van der Waals surface area contributed by atoms with Crippen molar-refractivity contribution in [1.29, 1.82) is 0 Å². The second-order valence-electron chi connectivity index (χ2n) is 7.73. The van der Waals surface area contributed by atoms with Crippen molar-refractivity contribution in [1.82, 2.24) is 15.6 Å². The first kappa shape index (κ1) is 20.9. The Hall–Kier alpha value is -2.40. The summed E-state index contributed by atoms with van der Waals surface area (Å²) in [6.45, 7) is 12.2. The number of benzene rings is 1. The number of guanidine groups is 1. The third-order valence-corrected chi connectivity index (χ3v) is 4.47. The van der Waals surface area contributed by atoms with Crippen LogP contribution in [0.3, 0.4) is 0 Å². The van der Waals surface area contributed by atoms with E-state index in [1.807, 2.05) is 38.1 Å². The Morgan fingerprint density at radius 2 is 1.85 bits per heavy atom. The van der Waals surface area contributed by atoms with Gasteiger partial charge in [0.25, 0.3) is 0 Å². The first-order chi connectivity index (χ1) is 12.8. The van der Waals surface area contributed by atoms with Crippen LogP contribution in [0.15, 0.2) is 47.6 Å². The molecular weight excluding hydrogens is 336 g/mol. The van der Waals surface area contributed by atoms with Crippen LogP contribution in [0.5, 0.6) is 0 Å². The largest absolute Gasteiger partial charge is 0.387 e. The molecule has 2 aromatic rings. The number of aliphatic hydroxyl groups is 1. The zero-order valence-electron chi connectivity index (χ0n) is 17.1. The van der Waals surface area contributed by atoms with E-state index in [9.17, 15) is 5.11 Å². The van der Waals surface area contributed by atoms with Crippen molar-refractivity contribution >= 4 is 5.96 Å². The maximum Gasteiger partial charge on any atom is 0.191 e. The zero-order chi connectivity index (χ0) is 19.9. The number of aromatic nitrogens is 1. The Bertz CT molecular complexity index is 748. The summed E-state index contributed by atoms with van der Waals surface area (Å²) in [5.74, 6) is 0.674. The number of nitrogens with one attached hydrogen (secondary N) is 2. The molecule has 5 heteroatoms. The molecule has 1 aromatic heterocycles. The van der Waals surface area contributed by atoms with Gasteiger partial charge < -0.3 is 15.7 Å². The third kappa shape index (κ3) is 6.36. The molecule has 1 atom stereocenters. The van der Waals surface area contributed by atoms with Crippen molar-refractivity contribution in [3.8, 4) is 0 Å². The summed E-state index contributed by atoms with van der Waals surface area (Å²) in [6.07, 6.45) is 1.18. The fourth-order valence-electron chi connectivity index (χ4n) is 2.70. The SMILES string of the molecule is CCNC(=NCc1ncccc1C)NCC(O)c1ccc(C(C)(C)C)cc1. The average molecular weight is 369 g/mol. The highest BCUT2D eigenvalue weighted by Gasteiger charge is 2.15. The number of rotatable bonds is 6. The third-order valence-electron chi connectivity index (χ3n) is 4.47. The lowest BCUT2D eigenvalue weighted by Gasteiger charge is -2.20. The standard InChI is InChI=1S/C22H32N4O/c1-6-23-21(25-14-19-16(2)8-7-13-24-19)26-15-20(27)17-9-11-18(12-10-17)22(3,4)5/h7-13,20,27H,6,14-15H2,1-5H3,(H2,23,25,26). The highest BCUT2D eigenvalue weighted by Crippen LogP contribution is 2.23. The van der Waals surface area contributed by atoms with Crippen molar-refractivity contribution in [2.45, 2.75) is 52.7 Å². The predicted molar refractivity (Wildman–Crippen MR) is 112 cm³/mol. The summed E-state index contributed by atoms with van der Waals surface area (Å²) in [6, 6.07) is 12.1. The molecule has 0 saturated carbocycles. The maximum atomic E-state index is 10.5. The number of nitrogens with zero attached hydrogens (tertiary/aromatic N) is 2. The number of hydrogen-bond donors (Lipinski definition) is 3. The molecule has 0 aliphatic carbocycles. The van der Waals surface area contributed by atoms with E-state index in [1.54, 1.807) is 6.20 Å². The summed E-state index contributed by atoms with van der Waals surface area (Å²) < 4.78 is 0. The predicted octanol–water partition coefficient (Wildman–Crippen LogP) is 3.48. The topological polar surface area (TPSA) is 69.5 Å². The first-order valence-electron chi connectivity index (χ1n) is 9.52. The number of aliphatic imine (C=N–C) groups is 1. The lowest BCUT2D eigenvalue weighted by molar-refractivity contribution is 0.181. The fraction of sp³-hybridized carbons (Fsp3) is 0.455. The van der Waals surface area contributed by atoms with Gasteiger partial charge in [0.05, 0.1) is 18.3 Å². The van der Waals surface area contributed by atoms with E-state index in [-0.39, 0.29) is 5.41 Å². The molecule has 0 saturated heterocycles. The number of aryl methyl sites for hydroxylation is 1. The Labute approximate surface area is 163 Å². The van der Waals surface area contributed by atoms with Crippen molar-refractivity contribution in [2.75, 3.05) is 13.1 Å². The molecule has 27 heavy (non-hydrogen) atoms. The first-order valence-corrected chi connectivity index (χ1v) is 9.52. The van der Waals surface area contributed by atoms with E-state index in [4.69, 9.17) is 0 Å². The van der Waals surface area contributed by atoms with Crippen LogP contribution in [-0.4, -0.2) is 29.1 Å². The van der Waals surface area contributed by atoms with Crippen LogP contribution in [0, 0.1) is 6.92 Å². The van der Waals surface area contributed by atoms with Crippen LogP contribution in [-0.2, 0) is 12.0 Å². The normalized spacial score (nSPS) is 13.3. The van der Waals surface area contributed by atoms with E-state index in [0.717, 1.165) is 23.4 Å². The van der Waals surface area contributed by atoms with E-state index in [0.29, 0.717) is 19.0 Å². The summed E-state index contributed by atoms with van der Waals surface area (Å²) in [5, 5.41) is 16.9. The average Bonchev–Trinajstić information content (AvgIpc) is 2.64. The van der Waals surface area contributed by atoms with Gasteiger partial charge in [-0.1, -0.05) is 51.1 Å². The molecule has 0 aliphatic rings. The van der Waals surface area contributed by atoms with Gasteiger partial charge >= 0.3 is 0 Å². The van der Waals surface area contributed by atoms with Gasteiger partial charge in [-0.3, -0.25) is 4.98 Å². The lowest BCUT2D eigenvalue weighted by atomic mass is 9.86. The van der Waals surface area contributed by atoms with Crippen LogP contribution in [0.1, 0.15) is 56.2 Å². The summed E-state index contributed by atoms with van der Waals surface area (Å²) in [4.78, 5) is 8.95. The van der Waals surface area contributed by atoms with Gasteiger partial charge in [0, 0.05) is 19.3 Å². The molecule has 0 bridgehead atoms. The van der Waals surface area contributed by atoms with E-state index in [1.165, 1.54) is 5.56 Å². The smallest absolute Gasteiger partial charge is 0.191 e. The second-order valence-corrected chi connectivity index (χ2v) is 7.73. The summed E-state index contributed by atoms with van der Waals surface area (Å²) in [7, 11) is 0. The number of aliphatic hydroxyl groups excluding tert-OH is 1. The van der Waals surface area contributed by atoms with E-state index >= 15 is 0 Å². The molecule has 1 heterocycles. The molecule has 1 aromatic carbocycles. The van der Waals surface area contributed by atoms with Crippen LogP contribution in [0.25, 0.3) is 0 Å². The van der Waals surface area contributed by atoms with Crippen LogP contribution in [0.4, 0.5) is 0 Å². The number of pyridine rings is 1. The minimum atomic E-state index is -0.598. The molecule has 0 radical (unpaired) electrons. The van der Waals surface area contributed by atoms with Crippen LogP contribution in [0.2, 0.25) is 0 Å². The van der Waals surface area contributed by atoms with Gasteiger partial charge in [0.1, 0.15) is 0 Å². The molecule has 0 spiro atoms. The minimum absolute atomic E-state index is 0.107. The van der Waals surface area contributed by atoms with Crippen molar-refractivity contribution in [3.63, 3.8) is 0 Å². The maximum absolute atomic E-state index is 10.5. The molecule has 146 valence electrons. The molecule has 0 aliphatic heterocycles. The molecule has 3 N–H and O–H groups in total. The fourth-order valence-corrected chi connectivity index (χ4v) is 2.70. The minimum Gasteiger partial charge on any atom is -0.387 e. The number of hydrogen-bond acceptors (Lipinski definition) is 3.